The standard InChI is InChI=1S/C40H48N4.Ni/c1-5-9-12-15-18-30-35-23-21-33(41-35)29(8-4)34-22-24-36(42-34)31(19-16-13-10-6-2)38-26-28-40(44-38)32(20-17-14-11-7-3)39-27-25-37(30)43-39;/h4,21-28H,5-7,9-20H2,1-3H3;/q-2;+2. The first-order chi connectivity index (χ1) is 21.7. The van der Waals surface area contributed by atoms with Gasteiger partial charge in [-0.05, 0) is 79.5 Å². The molecule has 8 bridgehead atoms. The molecule has 5 heterocycles. The maximum absolute atomic E-state index is 6.12. The molecule has 0 aromatic carbocycles. The van der Waals surface area contributed by atoms with E-state index in [0.717, 1.165) is 88.9 Å². The van der Waals surface area contributed by atoms with Crippen molar-refractivity contribution in [2.75, 3.05) is 0 Å². The van der Waals surface area contributed by atoms with E-state index >= 15 is 0 Å². The van der Waals surface area contributed by atoms with Crippen molar-refractivity contribution < 1.29 is 16.5 Å². The maximum Gasteiger partial charge on any atom is 2.00 e. The number of unbranched alkanes of at least 4 members (excludes halogenated alkanes) is 9. The normalized spacial score (nSPS) is 12.0. The van der Waals surface area contributed by atoms with Gasteiger partial charge >= 0.3 is 16.5 Å². The van der Waals surface area contributed by atoms with Crippen LogP contribution in [-0.2, 0) is 35.8 Å². The quantitative estimate of drug-likeness (QED) is 0.0647. The minimum atomic E-state index is 0. The van der Waals surface area contributed by atoms with Crippen LogP contribution in [-0.4, -0.2) is 9.97 Å². The van der Waals surface area contributed by atoms with Crippen LogP contribution in [0, 0.1) is 12.3 Å². The number of aryl methyl sites for hydroxylation is 2. The van der Waals surface area contributed by atoms with Crippen molar-refractivity contribution in [3.8, 4) is 12.3 Å². The van der Waals surface area contributed by atoms with Crippen LogP contribution in [0.2, 0.25) is 0 Å². The van der Waals surface area contributed by atoms with Gasteiger partial charge in [0.05, 0.1) is 22.8 Å². The molecule has 238 valence electrons. The Morgan fingerprint density at radius 1 is 0.511 bits per heavy atom. The van der Waals surface area contributed by atoms with Gasteiger partial charge in [0.25, 0.3) is 0 Å². The van der Waals surface area contributed by atoms with Crippen molar-refractivity contribution in [1.82, 2.24) is 19.9 Å². The molecule has 0 N–H and O–H groups in total. The molecule has 0 fully saturated rings. The number of fused-ring (bicyclic) bond motifs is 8. The summed E-state index contributed by atoms with van der Waals surface area (Å²) in [6, 6.07) is 8.34. The van der Waals surface area contributed by atoms with Gasteiger partial charge in [-0.3, -0.25) is 0 Å². The van der Waals surface area contributed by atoms with Crippen molar-refractivity contribution in [2.24, 2.45) is 0 Å². The summed E-state index contributed by atoms with van der Waals surface area (Å²) >= 11 is 0. The first kappa shape index (κ1) is 34.5. The second kappa shape index (κ2) is 17.4. The molecule has 0 saturated carbocycles. The number of hydrogen-bond donors (Lipinski definition) is 0. The van der Waals surface area contributed by atoms with Crippen molar-refractivity contribution in [3.63, 3.8) is 0 Å². The van der Waals surface area contributed by atoms with Gasteiger partial charge in [0.15, 0.2) is 0 Å². The molecule has 0 atom stereocenters. The fourth-order valence-corrected chi connectivity index (χ4v) is 6.36. The molecule has 3 aromatic heterocycles. The molecular weight excluding hydrogens is 595 g/mol. The summed E-state index contributed by atoms with van der Waals surface area (Å²) in [6.07, 6.45) is 32.1. The van der Waals surface area contributed by atoms with E-state index in [9.17, 15) is 0 Å². The summed E-state index contributed by atoms with van der Waals surface area (Å²) in [5.74, 6) is 2.92. The van der Waals surface area contributed by atoms with Crippen LogP contribution in [0.3, 0.4) is 0 Å². The van der Waals surface area contributed by atoms with Gasteiger partial charge in [0.1, 0.15) is 0 Å². The zero-order valence-corrected chi connectivity index (χ0v) is 28.4. The molecule has 5 heteroatoms. The third kappa shape index (κ3) is 8.48. The second-order valence-corrected chi connectivity index (χ2v) is 12.2. The molecule has 4 nitrogen and oxygen atoms in total. The molecule has 0 spiro atoms. The van der Waals surface area contributed by atoms with Gasteiger partial charge < -0.3 is 9.97 Å². The Morgan fingerprint density at radius 2 is 0.867 bits per heavy atom. The molecule has 3 aromatic rings. The topological polar surface area (TPSA) is 54.0 Å². The van der Waals surface area contributed by atoms with Crippen molar-refractivity contribution >= 4 is 46.4 Å². The maximum atomic E-state index is 6.12. The Kier molecular flexibility index (Phi) is 13.3. The number of rotatable bonds is 15. The van der Waals surface area contributed by atoms with Crippen LogP contribution in [0.5, 0.6) is 0 Å². The summed E-state index contributed by atoms with van der Waals surface area (Å²) in [4.78, 5) is 20.8. The van der Waals surface area contributed by atoms with E-state index < -0.39 is 0 Å². The third-order valence-corrected chi connectivity index (χ3v) is 8.91. The Morgan fingerprint density at radius 3 is 1.24 bits per heavy atom. The van der Waals surface area contributed by atoms with E-state index in [1.165, 1.54) is 74.5 Å². The predicted molar refractivity (Wildman–Crippen MR) is 188 cm³/mol. The van der Waals surface area contributed by atoms with Crippen LogP contribution in [0.1, 0.15) is 143 Å². The van der Waals surface area contributed by atoms with E-state index in [-0.39, 0.29) is 16.5 Å². The van der Waals surface area contributed by atoms with Crippen LogP contribution in [0.15, 0.2) is 24.3 Å². The Balaban J connectivity index is 0.00000461. The summed E-state index contributed by atoms with van der Waals surface area (Å²) < 4.78 is 0. The summed E-state index contributed by atoms with van der Waals surface area (Å²) in [5.41, 5.74) is 12.0. The van der Waals surface area contributed by atoms with Crippen LogP contribution in [0.25, 0.3) is 46.4 Å². The van der Waals surface area contributed by atoms with Crippen LogP contribution >= 0.6 is 0 Å². The first-order valence-corrected chi connectivity index (χ1v) is 17.2. The summed E-state index contributed by atoms with van der Waals surface area (Å²) in [6.45, 7) is 6.77. The second-order valence-electron chi connectivity index (χ2n) is 12.2. The van der Waals surface area contributed by atoms with Crippen molar-refractivity contribution in [1.29, 1.82) is 0 Å². The van der Waals surface area contributed by atoms with Crippen LogP contribution < -0.4 is 9.97 Å². The van der Waals surface area contributed by atoms with E-state index in [1.54, 1.807) is 0 Å². The van der Waals surface area contributed by atoms with Gasteiger partial charge in [-0.2, -0.15) is 0 Å². The fourth-order valence-electron chi connectivity index (χ4n) is 6.36. The van der Waals surface area contributed by atoms with Gasteiger partial charge in [-0.1, -0.05) is 109 Å². The number of nitrogens with zero attached hydrogens (tertiary/aromatic N) is 4. The zero-order valence-electron chi connectivity index (χ0n) is 27.4. The molecule has 0 aliphatic carbocycles. The van der Waals surface area contributed by atoms with E-state index in [2.05, 4.69) is 75.3 Å². The number of aromatic nitrogens is 4. The Labute approximate surface area is 280 Å². The monoisotopic (exact) mass is 642 g/mol. The molecule has 2 aliphatic rings. The molecule has 0 radical (unpaired) electrons. The van der Waals surface area contributed by atoms with Crippen molar-refractivity contribution in [2.45, 2.75) is 117 Å². The average molecular weight is 644 g/mol. The molecule has 2 aliphatic heterocycles. The van der Waals surface area contributed by atoms with Gasteiger partial charge in [0.2, 0.25) is 0 Å². The van der Waals surface area contributed by atoms with Crippen LogP contribution in [0.4, 0.5) is 0 Å². The minimum Gasteiger partial charge on any atom is -0.657 e. The van der Waals surface area contributed by atoms with Gasteiger partial charge in [0, 0.05) is 5.56 Å². The molecule has 5 rings (SSSR count). The third-order valence-electron chi connectivity index (χ3n) is 8.91. The molecule has 0 saturated heterocycles. The minimum absolute atomic E-state index is 0. The molecular formula is C40H48N4Ni. The number of terminal acetylenes is 1. The molecule has 45 heavy (non-hydrogen) atoms. The predicted octanol–water partition coefficient (Wildman–Crippen LogP) is 10.3. The Bertz CT molecular complexity index is 1580. The fraction of sp³-hybridized carbons (Fsp3) is 0.450. The number of hydrogen-bond acceptors (Lipinski definition) is 2. The largest absolute Gasteiger partial charge is 2.00 e. The van der Waals surface area contributed by atoms with Gasteiger partial charge in [-0.25, -0.2) is 9.97 Å². The van der Waals surface area contributed by atoms with Crippen molar-refractivity contribution in [3.05, 3.63) is 69.3 Å². The molecule has 0 amide bonds. The van der Waals surface area contributed by atoms with E-state index in [1.807, 2.05) is 0 Å². The summed E-state index contributed by atoms with van der Waals surface area (Å²) in [5, 5.41) is 0. The van der Waals surface area contributed by atoms with Gasteiger partial charge in [-0.15, -0.1) is 28.5 Å². The smallest absolute Gasteiger partial charge is 0.657 e. The van der Waals surface area contributed by atoms with E-state index in [0.29, 0.717) is 0 Å². The molecule has 0 unspecified atom stereocenters. The SMILES string of the molecule is C#Cc1c2ccc([n-]2)c(CCCCCC)c2nc(c(CCCCCC)c3nc(c(CCCCCC)c4ccc1[n-]4)C=C3)C=C2.[Ni+2]. The zero-order chi connectivity index (χ0) is 30.7. The summed E-state index contributed by atoms with van der Waals surface area (Å²) in [7, 11) is 0. The Hall–Kier alpha value is -3.35. The average Bonchev–Trinajstić information content (AvgIpc) is 3.86. The van der Waals surface area contributed by atoms with E-state index in [4.69, 9.17) is 26.4 Å². The first-order valence-electron chi connectivity index (χ1n) is 17.2.